The predicted octanol–water partition coefficient (Wildman–Crippen LogP) is 4.57. The van der Waals surface area contributed by atoms with Crippen LogP contribution < -0.4 is 10.6 Å². The molecule has 2 N–H and O–H groups in total. The zero-order valence-corrected chi connectivity index (χ0v) is 18.0. The van der Waals surface area contributed by atoms with Crippen molar-refractivity contribution in [2.75, 3.05) is 11.9 Å². The molecule has 8 heteroatoms. The summed E-state index contributed by atoms with van der Waals surface area (Å²) >= 11 is 3.00. The summed E-state index contributed by atoms with van der Waals surface area (Å²) in [6, 6.07) is 6.14. The minimum Gasteiger partial charge on any atom is -0.449 e. The zero-order valence-electron chi connectivity index (χ0n) is 16.4. The first-order chi connectivity index (χ1) is 14.0. The molecule has 1 aliphatic rings. The van der Waals surface area contributed by atoms with Gasteiger partial charge in [-0.05, 0) is 62.1 Å². The van der Waals surface area contributed by atoms with E-state index < -0.39 is 6.09 Å². The van der Waals surface area contributed by atoms with Crippen molar-refractivity contribution < 1.29 is 14.3 Å². The zero-order chi connectivity index (χ0) is 20.8. The Morgan fingerprint density at radius 3 is 2.97 bits per heavy atom. The number of anilines is 1. The molecule has 1 aliphatic carbocycles. The van der Waals surface area contributed by atoms with Gasteiger partial charge in [0.1, 0.15) is 11.1 Å². The Morgan fingerprint density at radius 2 is 2.28 bits per heavy atom. The summed E-state index contributed by atoms with van der Waals surface area (Å²) in [7, 11) is 0. The second-order valence-electron chi connectivity index (χ2n) is 7.16. The molecule has 0 spiro atoms. The molecule has 0 fully saturated rings. The molecular formula is C21H23N3O3S2. The fourth-order valence-corrected chi connectivity index (χ4v) is 5.10. The van der Waals surface area contributed by atoms with Crippen molar-refractivity contribution in [2.24, 2.45) is 5.92 Å². The maximum Gasteiger partial charge on any atom is 0.407 e. The first-order valence-corrected chi connectivity index (χ1v) is 11.2. The standard InChI is InChI=1S/C21H23N3O3S2/c1-13(2)23-21(26)27-12-14-5-7-16-17(11-22)20(29-18(16)10-14)24-19(25)8-6-15-4-3-9-28-15/h3-4,6,8-9,13-14H,5,7,10,12H2,1-2H3,(H,23,26)(H,24,25). The number of carbonyl (C=O) groups excluding carboxylic acids is 2. The quantitative estimate of drug-likeness (QED) is 0.658. The molecule has 6 nitrogen and oxygen atoms in total. The molecule has 0 bridgehead atoms. The average molecular weight is 430 g/mol. The van der Waals surface area contributed by atoms with E-state index >= 15 is 0 Å². The number of hydrogen-bond donors (Lipinski definition) is 2. The Balaban J connectivity index is 1.63. The van der Waals surface area contributed by atoms with Gasteiger partial charge in [-0.25, -0.2) is 4.79 Å². The molecule has 0 radical (unpaired) electrons. The molecule has 2 amide bonds. The number of alkyl carbamates (subject to hydrolysis) is 1. The van der Waals surface area contributed by atoms with Crippen molar-refractivity contribution >= 4 is 45.8 Å². The topological polar surface area (TPSA) is 91.2 Å². The van der Waals surface area contributed by atoms with E-state index in [1.165, 1.54) is 17.4 Å². The van der Waals surface area contributed by atoms with Crippen LogP contribution >= 0.6 is 22.7 Å². The van der Waals surface area contributed by atoms with E-state index in [9.17, 15) is 14.9 Å². The van der Waals surface area contributed by atoms with Gasteiger partial charge in [0, 0.05) is 21.9 Å². The van der Waals surface area contributed by atoms with Crippen molar-refractivity contribution in [3.63, 3.8) is 0 Å². The molecule has 29 heavy (non-hydrogen) atoms. The monoisotopic (exact) mass is 429 g/mol. The van der Waals surface area contributed by atoms with Gasteiger partial charge in [0.05, 0.1) is 12.2 Å². The number of rotatable bonds is 6. The van der Waals surface area contributed by atoms with Crippen LogP contribution in [-0.2, 0) is 22.4 Å². The Labute approximate surface area is 178 Å². The van der Waals surface area contributed by atoms with E-state index in [2.05, 4.69) is 16.7 Å². The van der Waals surface area contributed by atoms with Crippen molar-refractivity contribution in [2.45, 2.75) is 39.2 Å². The Kier molecular flexibility index (Phi) is 7.07. The number of nitriles is 1. The van der Waals surface area contributed by atoms with Crippen LogP contribution in [0.3, 0.4) is 0 Å². The summed E-state index contributed by atoms with van der Waals surface area (Å²) in [5.41, 5.74) is 1.57. The third-order valence-electron chi connectivity index (χ3n) is 4.51. The SMILES string of the molecule is CC(C)NC(=O)OCC1CCc2c(sc(NC(=O)C=Cc3cccs3)c2C#N)C1. The van der Waals surface area contributed by atoms with Crippen molar-refractivity contribution in [3.8, 4) is 6.07 Å². The van der Waals surface area contributed by atoms with Gasteiger partial charge < -0.3 is 15.4 Å². The van der Waals surface area contributed by atoms with Crippen LogP contribution in [0.25, 0.3) is 6.08 Å². The minimum atomic E-state index is -0.403. The van der Waals surface area contributed by atoms with Crippen molar-refractivity contribution in [1.29, 1.82) is 5.26 Å². The highest BCUT2D eigenvalue weighted by molar-refractivity contribution is 7.16. The van der Waals surface area contributed by atoms with E-state index in [1.807, 2.05) is 31.4 Å². The number of ether oxygens (including phenoxy) is 1. The summed E-state index contributed by atoms with van der Waals surface area (Å²) in [5.74, 6) is -0.0355. The van der Waals surface area contributed by atoms with Crippen LogP contribution in [-0.4, -0.2) is 24.6 Å². The summed E-state index contributed by atoms with van der Waals surface area (Å²) in [6.45, 7) is 4.12. The normalized spacial score (nSPS) is 15.7. The smallest absolute Gasteiger partial charge is 0.407 e. The van der Waals surface area contributed by atoms with Gasteiger partial charge in [0.25, 0.3) is 0 Å². The predicted molar refractivity (Wildman–Crippen MR) is 116 cm³/mol. The van der Waals surface area contributed by atoms with Gasteiger partial charge in [-0.2, -0.15) is 5.26 Å². The van der Waals surface area contributed by atoms with E-state index in [4.69, 9.17) is 4.74 Å². The third kappa shape index (κ3) is 5.68. The number of amides is 2. The summed E-state index contributed by atoms with van der Waals surface area (Å²) in [6.07, 6.45) is 5.17. The molecule has 0 aromatic carbocycles. The van der Waals surface area contributed by atoms with Crippen LogP contribution in [0.4, 0.5) is 9.80 Å². The molecule has 3 rings (SSSR count). The molecule has 152 valence electrons. The van der Waals surface area contributed by atoms with Gasteiger partial charge in [-0.1, -0.05) is 6.07 Å². The minimum absolute atomic E-state index is 0.0379. The molecule has 0 saturated carbocycles. The molecule has 2 aromatic rings. The Morgan fingerprint density at radius 1 is 1.45 bits per heavy atom. The maximum atomic E-state index is 12.3. The summed E-state index contributed by atoms with van der Waals surface area (Å²) < 4.78 is 5.31. The molecule has 1 atom stereocenters. The lowest BCUT2D eigenvalue weighted by molar-refractivity contribution is -0.111. The van der Waals surface area contributed by atoms with Crippen LogP contribution in [0.2, 0.25) is 0 Å². The lowest BCUT2D eigenvalue weighted by Crippen LogP contribution is -2.32. The fraction of sp³-hybridized carbons (Fsp3) is 0.381. The van der Waals surface area contributed by atoms with Crippen LogP contribution in [0.15, 0.2) is 23.6 Å². The average Bonchev–Trinajstić information content (AvgIpc) is 3.31. The lowest BCUT2D eigenvalue weighted by atomic mass is 9.88. The first kappa shape index (κ1) is 21.1. The van der Waals surface area contributed by atoms with E-state index in [0.29, 0.717) is 17.2 Å². The Hall–Kier alpha value is -2.63. The lowest BCUT2D eigenvalue weighted by Gasteiger charge is -2.22. The Bertz CT molecular complexity index is 939. The fourth-order valence-electron chi connectivity index (χ4n) is 3.17. The molecule has 0 saturated heterocycles. The molecule has 1 unspecified atom stereocenters. The highest BCUT2D eigenvalue weighted by Gasteiger charge is 2.27. The highest BCUT2D eigenvalue weighted by Crippen LogP contribution is 2.39. The van der Waals surface area contributed by atoms with Gasteiger partial charge in [-0.3, -0.25) is 4.79 Å². The van der Waals surface area contributed by atoms with Gasteiger partial charge >= 0.3 is 6.09 Å². The number of thiophene rings is 2. The number of nitrogens with zero attached hydrogens (tertiary/aromatic N) is 1. The van der Waals surface area contributed by atoms with Crippen LogP contribution in [0.1, 0.15) is 41.1 Å². The number of hydrogen-bond acceptors (Lipinski definition) is 6. The van der Waals surface area contributed by atoms with Crippen molar-refractivity contribution in [3.05, 3.63) is 44.5 Å². The number of fused-ring (bicyclic) bond motifs is 1. The molecule has 2 heterocycles. The van der Waals surface area contributed by atoms with Crippen LogP contribution in [0.5, 0.6) is 0 Å². The van der Waals surface area contributed by atoms with E-state index in [-0.39, 0.29) is 17.9 Å². The highest BCUT2D eigenvalue weighted by atomic mass is 32.1. The molecule has 0 aliphatic heterocycles. The number of nitrogens with one attached hydrogen (secondary N) is 2. The third-order valence-corrected chi connectivity index (χ3v) is 6.52. The second kappa shape index (κ2) is 9.72. The van der Waals surface area contributed by atoms with E-state index in [1.54, 1.807) is 17.4 Å². The number of carbonyl (C=O) groups is 2. The first-order valence-electron chi connectivity index (χ1n) is 9.46. The molecule has 2 aromatic heterocycles. The largest absolute Gasteiger partial charge is 0.449 e. The van der Waals surface area contributed by atoms with Gasteiger partial charge in [0.2, 0.25) is 5.91 Å². The van der Waals surface area contributed by atoms with Gasteiger partial charge in [0.15, 0.2) is 0 Å². The van der Waals surface area contributed by atoms with Crippen molar-refractivity contribution in [1.82, 2.24) is 5.32 Å². The van der Waals surface area contributed by atoms with E-state index in [0.717, 1.165) is 34.6 Å². The van der Waals surface area contributed by atoms with Gasteiger partial charge in [-0.15, -0.1) is 22.7 Å². The maximum absolute atomic E-state index is 12.3. The molecular weight excluding hydrogens is 406 g/mol. The summed E-state index contributed by atoms with van der Waals surface area (Å²) in [5, 5.41) is 17.7. The van der Waals surface area contributed by atoms with Crippen LogP contribution in [0, 0.1) is 17.2 Å². The second-order valence-corrected chi connectivity index (χ2v) is 9.25. The summed E-state index contributed by atoms with van der Waals surface area (Å²) in [4.78, 5) is 26.0.